The van der Waals surface area contributed by atoms with Crippen LogP contribution in [0.5, 0.6) is 5.75 Å². The molecule has 2 aromatic carbocycles. The van der Waals surface area contributed by atoms with Gasteiger partial charge in [0.2, 0.25) is 5.91 Å². The number of rotatable bonds is 10. The van der Waals surface area contributed by atoms with E-state index in [-0.39, 0.29) is 17.2 Å². The number of ether oxygens (including phenoxy) is 1. The fourth-order valence-electron chi connectivity index (χ4n) is 2.69. The van der Waals surface area contributed by atoms with Crippen LogP contribution < -0.4 is 14.8 Å². The zero-order valence-electron chi connectivity index (χ0n) is 16.6. The van der Waals surface area contributed by atoms with Crippen molar-refractivity contribution in [1.82, 2.24) is 5.32 Å². The third kappa shape index (κ3) is 6.33. The molecule has 3 rings (SSSR count). The zero-order chi connectivity index (χ0) is 21.4. The first-order chi connectivity index (χ1) is 14.5. The monoisotopic (exact) mass is 444 g/mol. The van der Waals surface area contributed by atoms with Crippen molar-refractivity contribution in [3.8, 4) is 5.75 Å². The van der Waals surface area contributed by atoms with Crippen LogP contribution in [0.3, 0.4) is 0 Å². The second-order valence-electron chi connectivity index (χ2n) is 6.66. The van der Waals surface area contributed by atoms with Gasteiger partial charge in [0.05, 0.1) is 24.5 Å². The van der Waals surface area contributed by atoms with Gasteiger partial charge in [0.25, 0.3) is 10.0 Å². The SMILES string of the molecule is CCCOc1ccc(S(=O)(=O)Nc2ccc(CC(=O)NCc3cccs3)cc2)cc1. The van der Waals surface area contributed by atoms with Crippen molar-refractivity contribution < 1.29 is 17.9 Å². The molecule has 1 heterocycles. The molecular weight excluding hydrogens is 420 g/mol. The molecule has 0 spiro atoms. The van der Waals surface area contributed by atoms with Crippen LogP contribution in [-0.2, 0) is 27.8 Å². The number of amides is 1. The lowest BCUT2D eigenvalue weighted by molar-refractivity contribution is -0.120. The lowest BCUT2D eigenvalue weighted by Gasteiger charge is -2.10. The maximum Gasteiger partial charge on any atom is 0.261 e. The van der Waals surface area contributed by atoms with E-state index in [4.69, 9.17) is 4.74 Å². The van der Waals surface area contributed by atoms with Gasteiger partial charge in [-0.15, -0.1) is 11.3 Å². The molecule has 0 radical (unpaired) electrons. The van der Waals surface area contributed by atoms with Gasteiger partial charge in [0.1, 0.15) is 5.75 Å². The Morgan fingerprint density at radius 1 is 1.03 bits per heavy atom. The summed E-state index contributed by atoms with van der Waals surface area (Å²) in [4.78, 5) is 13.3. The zero-order valence-corrected chi connectivity index (χ0v) is 18.3. The molecule has 0 aliphatic heterocycles. The summed E-state index contributed by atoms with van der Waals surface area (Å²) in [6.07, 6.45) is 1.12. The highest BCUT2D eigenvalue weighted by atomic mass is 32.2. The Morgan fingerprint density at radius 3 is 2.40 bits per heavy atom. The first kappa shape index (κ1) is 21.9. The molecule has 0 bridgehead atoms. The third-order valence-electron chi connectivity index (χ3n) is 4.22. The summed E-state index contributed by atoms with van der Waals surface area (Å²) in [5, 5.41) is 4.84. The van der Waals surface area contributed by atoms with Gasteiger partial charge >= 0.3 is 0 Å². The first-order valence-corrected chi connectivity index (χ1v) is 12.0. The number of benzene rings is 2. The Morgan fingerprint density at radius 2 is 1.77 bits per heavy atom. The second-order valence-corrected chi connectivity index (χ2v) is 9.37. The molecule has 2 N–H and O–H groups in total. The highest BCUT2D eigenvalue weighted by Crippen LogP contribution is 2.20. The third-order valence-corrected chi connectivity index (χ3v) is 6.49. The van der Waals surface area contributed by atoms with E-state index in [2.05, 4.69) is 10.0 Å². The summed E-state index contributed by atoms with van der Waals surface area (Å²) in [7, 11) is -3.70. The van der Waals surface area contributed by atoms with E-state index >= 15 is 0 Å². The average Bonchev–Trinajstić information content (AvgIpc) is 3.26. The molecule has 0 aliphatic rings. The molecule has 0 saturated carbocycles. The minimum atomic E-state index is -3.70. The number of carbonyl (C=O) groups excluding carboxylic acids is 1. The van der Waals surface area contributed by atoms with Crippen molar-refractivity contribution in [3.05, 3.63) is 76.5 Å². The van der Waals surface area contributed by atoms with Crippen molar-refractivity contribution in [2.24, 2.45) is 0 Å². The minimum Gasteiger partial charge on any atom is -0.494 e. The van der Waals surface area contributed by atoms with E-state index in [0.717, 1.165) is 16.9 Å². The number of nitrogens with one attached hydrogen (secondary N) is 2. The summed E-state index contributed by atoms with van der Waals surface area (Å²) in [6.45, 7) is 3.10. The van der Waals surface area contributed by atoms with Crippen molar-refractivity contribution in [1.29, 1.82) is 0 Å². The van der Waals surface area contributed by atoms with Gasteiger partial charge < -0.3 is 10.1 Å². The van der Waals surface area contributed by atoms with Gasteiger partial charge in [-0.05, 0) is 59.8 Å². The lowest BCUT2D eigenvalue weighted by atomic mass is 10.1. The van der Waals surface area contributed by atoms with Gasteiger partial charge in [-0.1, -0.05) is 25.1 Å². The van der Waals surface area contributed by atoms with Crippen LogP contribution in [0, 0.1) is 0 Å². The molecule has 0 unspecified atom stereocenters. The molecule has 0 fully saturated rings. The highest BCUT2D eigenvalue weighted by molar-refractivity contribution is 7.92. The fourth-order valence-corrected chi connectivity index (χ4v) is 4.39. The number of carbonyl (C=O) groups is 1. The minimum absolute atomic E-state index is 0.0814. The Balaban J connectivity index is 1.55. The molecule has 0 saturated heterocycles. The molecule has 0 aliphatic carbocycles. The van der Waals surface area contributed by atoms with Gasteiger partial charge in [-0.2, -0.15) is 0 Å². The average molecular weight is 445 g/mol. The largest absolute Gasteiger partial charge is 0.494 e. The second kappa shape index (κ2) is 10.3. The van der Waals surface area contributed by atoms with Crippen molar-refractivity contribution in [3.63, 3.8) is 0 Å². The molecule has 6 nitrogen and oxygen atoms in total. The van der Waals surface area contributed by atoms with Gasteiger partial charge in [-0.3, -0.25) is 9.52 Å². The maximum absolute atomic E-state index is 12.6. The predicted molar refractivity (Wildman–Crippen MR) is 119 cm³/mol. The number of hydrogen-bond donors (Lipinski definition) is 2. The Kier molecular flexibility index (Phi) is 7.48. The van der Waals surface area contributed by atoms with Crippen LogP contribution in [0.15, 0.2) is 70.9 Å². The van der Waals surface area contributed by atoms with E-state index in [9.17, 15) is 13.2 Å². The topological polar surface area (TPSA) is 84.5 Å². The highest BCUT2D eigenvalue weighted by Gasteiger charge is 2.14. The van der Waals surface area contributed by atoms with E-state index in [1.165, 1.54) is 12.1 Å². The number of hydrogen-bond acceptors (Lipinski definition) is 5. The first-order valence-electron chi connectivity index (χ1n) is 9.60. The van der Waals surface area contributed by atoms with Crippen LogP contribution in [0.25, 0.3) is 0 Å². The molecule has 1 aromatic heterocycles. The van der Waals surface area contributed by atoms with Crippen LogP contribution in [0.4, 0.5) is 5.69 Å². The summed E-state index contributed by atoms with van der Waals surface area (Å²) in [6, 6.07) is 17.0. The molecular formula is C22H24N2O4S2. The quantitative estimate of drug-likeness (QED) is 0.491. The molecule has 3 aromatic rings. The Labute approximate surface area is 181 Å². The van der Waals surface area contributed by atoms with Crippen molar-refractivity contribution in [2.45, 2.75) is 31.2 Å². The normalized spacial score (nSPS) is 11.1. The molecule has 30 heavy (non-hydrogen) atoms. The number of thiophene rings is 1. The molecule has 158 valence electrons. The van der Waals surface area contributed by atoms with E-state index in [1.807, 2.05) is 24.4 Å². The summed E-state index contributed by atoms with van der Waals surface area (Å²) in [5.74, 6) is 0.555. The Hall–Kier alpha value is -2.84. The molecule has 1 amide bonds. The number of anilines is 1. The summed E-state index contributed by atoms with van der Waals surface area (Å²) < 4.78 is 33.2. The van der Waals surface area contributed by atoms with Crippen LogP contribution in [-0.4, -0.2) is 20.9 Å². The van der Waals surface area contributed by atoms with Gasteiger partial charge in [0.15, 0.2) is 0 Å². The molecule has 8 heteroatoms. The maximum atomic E-state index is 12.6. The smallest absolute Gasteiger partial charge is 0.261 e. The molecule has 0 atom stereocenters. The van der Waals surface area contributed by atoms with Gasteiger partial charge in [-0.25, -0.2) is 8.42 Å². The van der Waals surface area contributed by atoms with Crippen LogP contribution in [0.2, 0.25) is 0 Å². The summed E-state index contributed by atoms with van der Waals surface area (Å²) in [5.41, 5.74) is 1.24. The van der Waals surface area contributed by atoms with E-state index in [1.54, 1.807) is 47.7 Å². The van der Waals surface area contributed by atoms with E-state index < -0.39 is 10.0 Å². The van der Waals surface area contributed by atoms with Crippen molar-refractivity contribution in [2.75, 3.05) is 11.3 Å². The van der Waals surface area contributed by atoms with E-state index in [0.29, 0.717) is 24.6 Å². The van der Waals surface area contributed by atoms with Crippen LogP contribution in [0.1, 0.15) is 23.8 Å². The fraction of sp³-hybridized carbons (Fsp3) is 0.227. The lowest BCUT2D eigenvalue weighted by Crippen LogP contribution is -2.24. The predicted octanol–water partition coefficient (Wildman–Crippen LogP) is 4.20. The van der Waals surface area contributed by atoms with Crippen molar-refractivity contribution >= 4 is 33.0 Å². The standard InChI is InChI=1S/C22H24N2O4S2/c1-2-13-28-19-9-11-21(12-10-19)30(26,27)24-18-7-5-17(6-8-18)15-22(25)23-16-20-4-3-14-29-20/h3-12,14,24H,2,13,15-16H2,1H3,(H,23,25). The van der Waals surface area contributed by atoms with Crippen LogP contribution >= 0.6 is 11.3 Å². The Bertz CT molecular complexity index is 1050. The summed E-state index contributed by atoms with van der Waals surface area (Å²) >= 11 is 1.59. The van der Waals surface area contributed by atoms with Gasteiger partial charge in [0, 0.05) is 10.6 Å². The number of sulfonamides is 1.